The molecule has 1 aromatic carbocycles. The highest BCUT2D eigenvalue weighted by Gasteiger charge is 2.13. The summed E-state index contributed by atoms with van der Waals surface area (Å²) in [5.41, 5.74) is 0.00802. The Morgan fingerprint density at radius 1 is 1.40 bits per heavy atom. The summed E-state index contributed by atoms with van der Waals surface area (Å²) in [7, 11) is 1.38. The number of ether oxygens (including phenoxy) is 1. The van der Waals surface area contributed by atoms with Gasteiger partial charge in [0, 0.05) is 25.0 Å². The Balaban J connectivity index is 2.74. The molecule has 0 aromatic heterocycles. The first-order valence-electron chi connectivity index (χ1n) is 5.78. The van der Waals surface area contributed by atoms with E-state index in [-0.39, 0.29) is 30.6 Å². The van der Waals surface area contributed by atoms with Crippen LogP contribution in [0.2, 0.25) is 0 Å². The fourth-order valence-corrected chi connectivity index (χ4v) is 1.52. The van der Waals surface area contributed by atoms with Gasteiger partial charge >= 0.3 is 5.97 Å². The number of nitro groups is 1. The first kappa shape index (κ1) is 15.4. The highest BCUT2D eigenvalue weighted by Crippen LogP contribution is 2.28. The maximum atomic E-state index is 11.6. The summed E-state index contributed by atoms with van der Waals surface area (Å²) in [4.78, 5) is 32.0. The summed E-state index contributed by atoms with van der Waals surface area (Å²) in [6.45, 7) is 0. The zero-order valence-corrected chi connectivity index (χ0v) is 10.8. The summed E-state index contributed by atoms with van der Waals surface area (Å²) >= 11 is 0. The lowest BCUT2D eigenvalue weighted by Gasteiger charge is -2.09. The average Bonchev–Trinajstić information content (AvgIpc) is 2.38. The minimum atomic E-state index is -0.981. The van der Waals surface area contributed by atoms with Crippen molar-refractivity contribution in [1.82, 2.24) is 0 Å². The van der Waals surface area contributed by atoms with Crippen molar-refractivity contribution in [3.63, 3.8) is 0 Å². The molecule has 0 fully saturated rings. The molecule has 0 unspecified atom stereocenters. The number of rotatable bonds is 7. The summed E-state index contributed by atoms with van der Waals surface area (Å²) in [5.74, 6) is -1.11. The van der Waals surface area contributed by atoms with Crippen LogP contribution in [0.25, 0.3) is 0 Å². The van der Waals surface area contributed by atoms with Crippen LogP contribution >= 0.6 is 0 Å². The summed E-state index contributed by atoms with van der Waals surface area (Å²) in [6, 6.07) is 3.83. The predicted molar refractivity (Wildman–Crippen MR) is 69.8 cm³/mol. The molecule has 8 nitrogen and oxygen atoms in total. The first-order valence-corrected chi connectivity index (χ1v) is 5.78. The number of amides is 1. The molecule has 20 heavy (non-hydrogen) atoms. The fourth-order valence-electron chi connectivity index (χ4n) is 1.52. The number of carboxylic acid groups (broad SMARTS) is 1. The molecule has 0 atom stereocenters. The number of anilines is 1. The molecule has 0 aliphatic carbocycles. The number of nitro benzene ring substituents is 1. The predicted octanol–water partition coefficient (Wildman–Crippen LogP) is 1.80. The lowest BCUT2D eigenvalue weighted by Crippen LogP contribution is -2.12. The smallest absolute Gasteiger partial charge is 0.303 e. The van der Waals surface area contributed by atoms with E-state index in [9.17, 15) is 19.7 Å². The van der Waals surface area contributed by atoms with Crippen molar-refractivity contribution in [2.75, 3.05) is 12.4 Å². The van der Waals surface area contributed by atoms with E-state index in [0.29, 0.717) is 5.75 Å². The Kier molecular flexibility index (Phi) is 5.45. The van der Waals surface area contributed by atoms with Gasteiger partial charge in [0.2, 0.25) is 5.91 Å². The number of benzene rings is 1. The number of hydrogen-bond donors (Lipinski definition) is 2. The van der Waals surface area contributed by atoms with Crippen LogP contribution in [0.4, 0.5) is 11.4 Å². The largest absolute Gasteiger partial charge is 0.495 e. The van der Waals surface area contributed by atoms with Gasteiger partial charge in [0.15, 0.2) is 0 Å². The normalized spacial score (nSPS) is 9.85. The maximum absolute atomic E-state index is 11.6. The van der Waals surface area contributed by atoms with Crippen LogP contribution in [0, 0.1) is 10.1 Å². The molecule has 0 aliphatic heterocycles. The van der Waals surface area contributed by atoms with Crippen molar-refractivity contribution < 1.29 is 24.4 Å². The molecule has 0 saturated heterocycles. The van der Waals surface area contributed by atoms with Gasteiger partial charge in [-0.05, 0) is 12.5 Å². The van der Waals surface area contributed by atoms with E-state index in [0.717, 1.165) is 0 Å². The number of methoxy groups -OCH3 is 1. The molecule has 0 saturated carbocycles. The van der Waals surface area contributed by atoms with E-state index in [2.05, 4.69) is 5.32 Å². The molecule has 0 heterocycles. The third-order valence-corrected chi connectivity index (χ3v) is 2.46. The SMILES string of the molecule is COc1ccc([N+](=O)[O-])cc1NC(=O)CCCC(=O)O. The van der Waals surface area contributed by atoms with Crippen molar-refractivity contribution in [2.45, 2.75) is 19.3 Å². The highest BCUT2D eigenvalue weighted by molar-refractivity contribution is 5.92. The van der Waals surface area contributed by atoms with Crippen molar-refractivity contribution >= 4 is 23.3 Å². The van der Waals surface area contributed by atoms with Gasteiger partial charge in [-0.1, -0.05) is 0 Å². The Labute approximate surface area is 114 Å². The second-order valence-corrected chi connectivity index (χ2v) is 3.94. The van der Waals surface area contributed by atoms with Crippen molar-refractivity contribution in [2.24, 2.45) is 0 Å². The number of carbonyl (C=O) groups excluding carboxylic acids is 1. The number of carboxylic acids is 1. The number of carbonyl (C=O) groups is 2. The van der Waals surface area contributed by atoms with Crippen LogP contribution in [0.3, 0.4) is 0 Å². The zero-order chi connectivity index (χ0) is 15.1. The van der Waals surface area contributed by atoms with Gasteiger partial charge in [-0.2, -0.15) is 0 Å². The molecule has 108 valence electrons. The highest BCUT2D eigenvalue weighted by atomic mass is 16.6. The lowest BCUT2D eigenvalue weighted by molar-refractivity contribution is -0.384. The third-order valence-electron chi connectivity index (χ3n) is 2.46. The first-order chi connectivity index (χ1) is 9.43. The number of nitrogens with one attached hydrogen (secondary N) is 1. The van der Waals surface area contributed by atoms with Crippen LogP contribution in [-0.4, -0.2) is 29.0 Å². The van der Waals surface area contributed by atoms with Gasteiger partial charge in [-0.25, -0.2) is 0 Å². The minimum Gasteiger partial charge on any atom is -0.495 e. The second-order valence-electron chi connectivity index (χ2n) is 3.94. The van der Waals surface area contributed by atoms with E-state index in [1.54, 1.807) is 0 Å². The third kappa shape index (κ3) is 4.56. The Morgan fingerprint density at radius 2 is 2.10 bits per heavy atom. The molecule has 0 bridgehead atoms. The van der Waals surface area contributed by atoms with Crippen LogP contribution < -0.4 is 10.1 Å². The van der Waals surface area contributed by atoms with E-state index in [4.69, 9.17) is 9.84 Å². The monoisotopic (exact) mass is 282 g/mol. The zero-order valence-electron chi connectivity index (χ0n) is 10.8. The molecule has 0 spiro atoms. The lowest BCUT2D eigenvalue weighted by atomic mass is 10.2. The van der Waals surface area contributed by atoms with E-state index >= 15 is 0 Å². The summed E-state index contributed by atoms with van der Waals surface area (Å²) in [5, 5.41) is 21.6. The Bertz CT molecular complexity index is 529. The molecule has 1 amide bonds. The van der Waals surface area contributed by atoms with Gasteiger partial charge in [-0.3, -0.25) is 19.7 Å². The standard InChI is InChI=1S/C12H14N2O6/c1-20-10-6-5-8(14(18)19)7-9(10)13-11(15)3-2-4-12(16)17/h5-7H,2-4H2,1H3,(H,13,15)(H,16,17). The number of nitrogens with zero attached hydrogens (tertiary/aromatic N) is 1. The van der Waals surface area contributed by atoms with Gasteiger partial charge in [0.25, 0.3) is 5.69 Å². The van der Waals surface area contributed by atoms with Crippen molar-refractivity contribution in [3.05, 3.63) is 28.3 Å². The molecular weight excluding hydrogens is 268 g/mol. The summed E-state index contributed by atoms with van der Waals surface area (Å²) in [6.07, 6.45) is 0.0933. The van der Waals surface area contributed by atoms with Crippen LogP contribution in [0.15, 0.2) is 18.2 Å². The number of hydrogen-bond acceptors (Lipinski definition) is 5. The fraction of sp³-hybridized carbons (Fsp3) is 0.333. The molecule has 0 aliphatic rings. The van der Waals surface area contributed by atoms with E-state index < -0.39 is 16.8 Å². The number of aliphatic carboxylic acids is 1. The quantitative estimate of drug-likeness (QED) is 0.581. The molecule has 8 heteroatoms. The van der Waals surface area contributed by atoms with Gasteiger partial charge in [0.1, 0.15) is 5.75 Å². The molecule has 1 aromatic rings. The van der Waals surface area contributed by atoms with Gasteiger partial charge in [-0.15, -0.1) is 0 Å². The minimum absolute atomic E-state index is 0.0120. The van der Waals surface area contributed by atoms with Crippen molar-refractivity contribution in [1.29, 1.82) is 0 Å². The van der Waals surface area contributed by atoms with Crippen molar-refractivity contribution in [3.8, 4) is 5.75 Å². The molecule has 1 rings (SSSR count). The van der Waals surface area contributed by atoms with Crippen LogP contribution in [0.1, 0.15) is 19.3 Å². The van der Waals surface area contributed by atoms with Gasteiger partial charge in [0.05, 0.1) is 17.7 Å². The van der Waals surface area contributed by atoms with Gasteiger partial charge < -0.3 is 15.2 Å². The van der Waals surface area contributed by atoms with Crippen LogP contribution in [-0.2, 0) is 9.59 Å². The van der Waals surface area contributed by atoms with Crippen LogP contribution in [0.5, 0.6) is 5.75 Å². The maximum Gasteiger partial charge on any atom is 0.303 e. The topological polar surface area (TPSA) is 119 Å². The Hall–Kier alpha value is -2.64. The number of non-ortho nitro benzene ring substituents is 1. The van der Waals surface area contributed by atoms with E-state index in [1.165, 1.54) is 25.3 Å². The second kappa shape index (κ2) is 7.07. The molecule has 0 radical (unpaired) electrons. The Morgan fingerprint density at radius 3 is 2.65 bits per heavy atom. The average molecular weight is 282 g/mol. The van der Waals surface area contributed by atoms with E-state index in [1.807, 2.05) is 0 Å². The summed E-state index contributed by atoms with van der Waals surface area (Å²) < 4.78 is 4.99. The molecular formula is C12H14N2O6. The molecule has 2 N–H and O–H groups in total.